The number of hydrogen-bond acceptors (Lipinski definition) is 2. The lowest BCUT2D eigenvalue weighted by atomic mass is 9.82. The number of nitrogens with one attached hydrogen (secondary N) is 1. The predicted molar refractivity (Wildman–Crippen MR) is 282 cm³/mol. The quantitative estimate of drug-likeness (QED) is 0.173. The lowest BCUT2D eigenvalue weighted by molar-refractivity contribution is 0.660. The fraction of sp³-hybridized carbons (Fsp3) is 0.0968. The van der Waals surface area contributed by atoms with Gasteiger partial charge in [0.15, 0.2) is 0 Å². The van der Waals surface area contributed by atoms with Gasteiger partial charge in [-0.05, 0) is 131 Å². The van der Waals surface area contributed by atoms with Gasteiger partial charge in [0.05, 0.1) is 0 Å². The fourth-order valence-corrected chi connectivity index (χ4v) is 10.5. The summed E-state index contributed by atoms with van der Waals surface area (Å²) in [6.45, 7) is 9.18. The minimum absolute atomic E-state index is 0.0394. The predicted octanol–water partition coefficient (Wildman–Crippen LogP) is 17.4. The summed E-state index contributed by atoms with van der Waals surface area (Å²) in [6.07, 6.45) is 0. The van der Waals surface area contributed by atoms with Crippen molar-refractivity contribution in [2.75, 3.05) is 11.1 Å². The monoisotopic (exact) mass is 902 g/mol. The maximum atomic E-state index is 5.88. The van der Waals surface area contributed by atoms with Gasteiger partial charge in [0.1, 0.15) is 0 Å². The van der Waals surface area contributed by atoms with Crippen molar-refractivity contribution in [3.8, 4) is 44.5 Å². The van der Waals surface area contributed by atoms with Crippen LogP contribution in [0.25, 0.3) is 66.1 Å². The molecule has 10 aromatic rings. The second kappa shape index (κ2) is 17.1. The third-order valence-electron chi connectivity index (χ3n) is 13.4. The minimum Gasteiger partial charge on any atom is -0.399 e. The van der Waals surface area contributed by atoms with Crippen LogP contribution in [-0.2, 0) is 10.8 Å². The molecule has 2 nitrogen and oxygen atoms in total. The first-order valence-electron chi connectivity index (χ1n) is 22.4. The van der Waals surface area contributed by atoms with Crippen LogP contribution in [0.4, 0.5) is 17.1 Å². The summed E-state index contributed by atoms with van der Waals surface area (Å²) < 4.78 is 1.15. The lowest BCUT2D eigenvalue weighted by Gasteiger charge is -2.21. The van der Waals surface area contributed by atoms with Gasteiger partial charge < -0.3 is 11.1 Å². The van der Waals surface area contributed by atoms with Gasteiger partial charge >= 0.3 is 0 Å². The molecule has 10 aromatic carbocycles. The standard InChI is InChI=1S/C31H25N.C16H11Br.C15H15N/c1-31(2)28-13-7-6-12-26(28)27-20-24(16-18-29(27)31)32-30-14-8-11-23-19-22(15-17-25(23)30)21-9-4-3-5-10-21;17-16-8-4-7-14-11-13(9-10-15(14)16)12-5-2-1-3-6-12;1-15(2)13-6-4-3-5-11(13)12-9-10(16)7-8-14(12)15/h3-20,32H,1-2H3;1-11H;3-9H,16H2,1-2H3. The second-order valence-corrected chi connectivity index (χ2v) is 19.0. The first kappa shape index (κ1) is 41.8. The van der Waals surface area contributed by atoms with Crippen molar-refractivity contribution < 1.29 is 0 Å². The molecule has 0 fully saturated rings. The summed E-state index contributed by atoms with van der Waals surface area (Å²) in [4.78, 5) is 0. The van der Waals surface area contributed by atoms with Gasteiger partial charge in [-0.3, -0.25) is 0 Å². The third-order valence-corrected chi connectivity index (χ3v) is 14.1. The van der Waals surface area contributed by atoms with Crippen LogP contribution in [0.1, 0.15) is 49.9 Å². The van der Waals surface area contributed by atoms with Crippen LogP contribution in [0.3, 0.4) is 0 Å². The van der Waals surface area contributed by atoms with Gasteiger partial charge in [-0.15, -0.1) is 0 Å². The number of fused-ring (bicyclic) bond motifs is 8. The van der Waals surface area contributed by atoms with E-state index in [4.69, 9.17) is 5.73 Å². The first-order valence-corrected chi connectivity index (χ1v) is 23.2. The fourth-order valence-electron chi connectivity index (χ4n) is 9.95. The Kier molecular flexibility index (Phi) is 11.0. The molecule has 316 valence electrons. The third kappa shape index (κ3) is 7.92. The van der Waals surface area contributed by atoms with E-state index >= 15 is 0 Å². The molecule has 2 aliphatic rings. The molecule has 0 radical (unpaired) electrons. The van der Waals surface area contributed by atoms with Crippen LogP contribution >= 0.6 is 15.9 Å². The molecule has 2 aliphatic carbocycles. The Balaban J connectivity index is 0.000000127. The molecule has 0 saturated carbocycles. The van der Waals surface area contributed by atoms with Crippen molar-refractivity contribution in [2.45, 2.75) is 38.5 Å². The molecule has 0 amide bonds. The molecule has 0 bridgehead atoms. The maximum absolute atomic E-state index is 5.88. The Morgan fingerprint density at radius 3 is 1.45 bits per heavy atom. The second-order valence-electron chi connectivity index (χ2n) is 18.2. The van der Waals surface area contributed by atoms with Crippen molar-refractivity contribution in [3.63, 3.8) is 0 Å². The highest BCUT2D eigenvalue weighted by atomic mass is 79.9. The Morgan fingerprint density at radius 2 is 0.846 bits per heavy atom. The normalized spacial score (nSPS) is 13.3. The zero-order valence-corrected chi connectivity index (χ0v) is 38.8. The van der Waals surface area contributed by atoms with E-state index in [1.807, 2.05) is 12.1 Å². The largest absolute Gasteiger partial charge is 0.399 e. The SMILES string of the molecule is Brc1cccc2cc(-c3ccccc3)ccc12.CC1(C)c2ccccc2-c2cc(N)ccc21.CC1(C)c2ccccc2-c2cc(Nc3cccc4cc(-c5ccccc5)ccc34)ccc21. The van der Waals surface area contributed by atoms with Crippen LogP contribution in [0.15, 0.2) is 223 Å². The van der Waals surface area contributed by atoms with Gasteiger partial charge in [0.2, 0.25) is 0 Å². The molecular formula is C62H51BrN2. The summed E-state index contributed by atoms with van der Waals surface area (Å²) in [5.74, 6) is 0. The van der Waals surface area contributed by atoms with Gasteiger partial charge in [-0.25, -0.2) is 0 Å². The van der Waals surface area contributed by atoms with Gasteiger partial charge in [0, 0.05) is 37.8 Å². The number of nitrogen functional groups attached to an aromatic ring is 1. The van der Waals surface area contributed by atoms with E-state index in [0.29, 0.717) is 0 Å². The van der Waals surface area contributed by atoms with Crippen molar-refractivity contribution in [1.29, 1.82) is 0 Å². The Morgan fingerprint density at radius 1 is 0.369 bits per heavy atom. The number of rotatable bonds is 4. The van der Waals surface area contributed by atoms with E-state index in [1.165, 1.54) is 88.3 Å². The summed E-state index contributed by atoms with van der Waals surface area (Å²) in [5, 5.41) is 8.69. The average molecular weight is 904 g/mol. The summed E-state index contributed by atoms with van der Waals surface area (Å²) in [5.41, 5.74) is 25.0. The van der Waals surface area contributed by atoms with E-state index < -0.39 is 0 Å². The zero-order valence-electron chi connectivity index (χ0n) is 37.2. The number of benzene rings is 10. The molecule has 0 aromatic heterocycles. The molecule has 0 aliphatic heterocycles. The van der Waals surface area contributed by atoms with Crippen molar-refractivity contribution in [1.82, 2.24) is 0 Å². The minimum atomic E-state index is 0.0394. The number of halogens is 1. The highest BCUT2D eigenvalue weighted by Crippen LogP contribution is 2.50. The number of anilines is 3. The summed E-state index contributed by atoms with van der Waals surface area (Å²) in [6, 6.07) is 77.5. The molecule has 0 saturated heterocycles. The number of nitrogens with two attached hydrogens (primary N) is 1. The maximum Gasteiger partial charge on any atom is 0.0463 e. The zero-order chi connectivity index (χ0) is 44.7. The highest BCUT2D eigenvalue weighted by molar-refractivity contribution is 9.10. The molecule has 12 rings (SSSR count). The van der Waals surface area contributed by atoms with Crippen molar-refractivity contribution >= 4 is 54.5 Å². The molecule has 0 heterocycles. The summed E-state index contributed by atoms with van der Waals surface area (Å²) in [7, 11) is 0. The molecule has 3 heteroatoms. The number of hydrogen-bond donors (Lipinski definition) is 2. The van der Waals surface area contributed by atoms with E-state index in [0.717, 1.165) is 21.5 Å². The first-order chi connectivity index (χ1) is 31.6. The topological polar surface area (TPSA) is 38.0 Å². The van der Waals surface area contributed by atoms with Gasteiger partial charge in [0.25, 0.3) is 0 Å². The Hall–Kier alpha value is -7.20. The molecule has 65 heavy (non-hydrogen) atoms. The highest BCUT2D eigenvalue weighted by Gasteiger charge is 2.36. The van der Waals surface area contributed by atoms with Crippen LogP contribution in [-0.4, -0.2) is 0 Å². The van der Waals surface area contributed by atoms with Crippen LogP contribution in [0, 0.1) is 0 Å². The van der Waals surface area contributed by atoms with E-state index in [2.05, 4.69) is 255 Å². The molecule has 0 atom stereocenters. The van der Waals surface area contributed by atoms with Gasteiger partial charge in [-0.2, -0.15) is 0 Å². The lowest BCUT2D eigenvalue weighted by Crippen LogP contribution is -2.14. The van der Waals surface area contributed by atoms with Crippen LogP contribution in [0.5, 0.6) is 0 Å². The molecule has 0 unspecified atom stereocenters. The Labute approximate surface area is 391 Å². The van der Waals surface area contributed by atoms with Crippen molar-refractivity contribution in [3.05, 3.63) is 245 Å². The van der Waals surface area contributed by atoms with Gasteiger partial charge in [-0.1, -0.05) is 213 Å². The van der Waals surface area contributed by atoms with E-state index in [1.54, 1.807) is 0 Å². The average Bonchev–Trinajstić information content (AvgIpc) is 3.71. The molecular weight excluding hydrogens is 853 g/mol. The Bertz CT molecular complexity index is 3370. The molecule has 3 N–H and O–H groups in total. The smallest absolute Gasteiger partial charge is 0.0463 e. The van der Waals surface area contributed by atoms with E-state index in [-0.39, 0.29) is 10.8 Å². The van der Waals surface area contributed by atoms with Crippen LogP contribution < -0.4 is 11.1 Å². The van der Waals surface area contributed by atoms with Crippen molar-refractivity contribution in [2.24, 2.45) is 0 Å². The summed E-state index contributed by atoms with van der Waals surface area (Å²) >= 11 is 3.58. The molecule has 0 spiro atoms. The van der Waals surface area contributed by atoms with E-state index in [9.17, 15) is 0 Å². The van der Waals surface area contributed by atoms with Crippen LogP contribution in [0.2, 0.25) is 0 Å².